The molecule has 3 heterocycles. The maximum atomic E-state index is 12.5. The van der Waals surface area contributed by atoms with Gasteiger partial charge in [-0.3, -0.25) is 4.79 Å². The molecule has 3 nitrogen and oxygen atoms in total. The Hall–Kier alpha value is -0.0600. The molecule has 114 valence electrons. The van der Waals surface area contributed by atoms with E-state index < -0.39 is 0 Å². The summed E-state index contributed by atoms with van der Waals surface area (Å²) in [5, 5.41) is 3.39. The molecule has 1 N–H and O–H groups in total. The molecular formula is C16H27NO2S. The average Bonchev–Trinajstić information content (AvgIpc) is 2.99. The van der Waals surface area contributed by atoms with E-state index in [0.29, 0.717) is 5.78 Å². The van der Waals surface area contributed by atoms with Crippen molar-refractivity contribution in [2.45, 2.75) is 50.5 Å². The highest BCUT2D eigenvalue weighted by molar-refractivity contribution is 7.99. The van der Waals surface area contributed by atoms with E-state index in [2.05, 4.69) is 5.32 Å². The van der Waals surface area contributed by atoms with Gasteiger partial charge in [0.25, 0.3) is 0 Å². The summed E-state index contributed by atoms with van der Waals surface area (Å²) in [5.41, 5.74) is 0.0543. The molecule has 3 aliphatic rings. The highest BCUT2D eigenvalue weighted by atomic mass is 32.2. The van der Waals surface area contributed by atoms with Crippen LogP contribution < -0.4 is 5.32 Å². The number of ketones is 1. The third-order valence-corrected chi connectivity index (χ3v) is 6.30. The number of Topliss-reactive ketones (excluding diaryl/α,β-unsaturated/α-hetero) is 1. The quantitative estimate of drug-likeness (QED) is 0.866. The zero-order valence-electron chi connectivity index (χ0n) is 12.4. The van der Waals surface area contributed by atoms with E-state index in [9.17, 15) is 4.79 Å². The van der Waals surface area contributed by atoms with Gasteiger partial charge in [0.15, 0.2) is 0 Å². The molecule has 3 saturated heterocycles. The molecule has 0 saturated carbocycles. The van der Waals surface area contributed by atoms with Gasteiger partial charge in [-0.05, 0) is 69.0 Å². The first-order valence-electron chi connectivity index (χ1n) is 8.23. The first-order chi connectivity index (χ1) is 9.77. The molecule has 3 aliphatic heterocycles. The topological polar surface area (TPSA) is 38.3 Å². The molecule has 3 rings (SSSR count). The average molecular weight is 297 g/mol. The Morgan fingerprint density at radius 1 is 1.30 bits per heavy atom. The zero-order chi connectivity index (χ0) is 13.8. The SMILES string of the molecule is O=C(CCC1CCNC1)C1CCOC2(CCSCC2)C1. The summed E-state index contributed by atoms with van der Waals surface area (Å²) in [7, 11) is 0. The lowest BCUT2D eigenvalue weighted by Crippen LogP contribution is -2.44. The second kappa shape index (κ2) is 6.80. The third kappa shape index (κ3) is 3.58. The van der Waals surface area contributed by atoms with Gasteiger partial charge in [-0.1, -0.05) is 0 Å². The van der Waals surface area contributed by atoms with E-state index in [0.717, 1.165) is 64.1 Å². The first kappa shape index (κ1) is 14.9. The van der Waals surface area contributed by atoms with Crippen molar-refractivity contribution >= 4 is 17.5 Å². The van der Waals surface area contributed by atoms with Gasteiger partial charge in [0.1, 0.15) is 5.78 Å². The Labute approximate surface area is 126 Å². The van der Waals surface area contributed by atoms with Gasteiger partial charge in [-0.2, -0.15) is 11.8 Å². The molecule has 4 heteroatoms. The first-order valence-corrected chi connectivity index (χ1v) is 9.38. The number of ether oxygens (including phenoxy) is 1. The van der Waals surface area contributed by atoms with E-state index in [1.165, 1.54) is 17.9 Å². The van der Waals surface area contributed by atoms with Gasteiger partial charge in [0.05, 0.1) is 5.60 Å². The summed E-state index contributed by atoms with van der Waals surface area (Å²) in [6, 6.07) is 0. The van der Waals surface area contributed by atoms with Crippen LogP contribution in [0.3, 0.4) is 0 Å². The maximum absolute atomic E-state index is 12.5. The van der Waals surface area contributed by atoms with E-state index in [4.69, 9.17) is 4.74 Å². The normalized spacial score (nSPS) is 33.4. The zero-order valence-corrected chi connectivity index (χ0v) is 13.2. The van der Waals surface area contributed by atoms with E-state index in [1.54, 1.807) is 0 Å². The number of nitrogens with one attached hydrogen (secondary N) is 1. The molecule has 2 unspecified atom stereocenters. The second-order valence-corrected chi connectivity index (χ2v) is 7.92. The Morgan fingerprint density at radius 2 is 2.15 bits per heavy atom. The molecule has 0 radical (unpaired) electrons. The number of carbonyl (C=O) groups is 1. The van der Waals surface area contributed by atoms with Crippen LogP contribution in [0.1, 0.15) is 44.9 Å². The van der Waals surface area contributed by atoms with Gasteiger partial charge in [0, 0.05) is 18.9 Å². The Morgan fingerprint density at radius 3 is 2.90 bits per heavy atom. The van der Waals surface area contributed by atoms with Crippen LogP contribution in [0.2, 0.25) is 0 Å². The minimum atomic E-state index is 0.0543. The monoisotopic (exact) mass is 297 g/mol. The molecule has 20 heavy (non-hydrogen) atoms. The van der Waals surface area contributed by atoms with E-state index >= 15 is 0 Å². The molecule has 0 aromatic heterocycles. The van der Waals surface area contributed by atoms with Crippen molar-refractivity contribution < 1.29 is 9.53 Å². The van der Waals surface area contributed by atoms with Gasteiger partial charge in [0.2, 0.25) is 0 Å². The predicted octanol–water partition coefficient (Wildman–Crippen LogP) is 2.64. The largest absolute Gasteiger partial charge is 0.375 e. The smallest absolute Gasteiger partial charge is 0.136 e. The number of hydrogen-bond acceptors (Lipinski definition) is 4. The van der Waals surface area contributed by atoms with Crippen molar-refractivity contribution in [1.82, 2.24) is 5.32 Å². The molecule has 0 bridgehead atoms. The number of carbonyl (C=O) groups excluding carboxylic acids is 1. The minimum absolute atomic E-state index is 0.0543. The van der Waals surface area contributed by atoms with Crippen molar-refractivity contribution in [2.24, 2.45) is 11.8 Å². The fourth-order valence-electron chi connectivity index (χ4n) is 3.91. The highest BCUT2D eigenvalue weighted by Gasteiger charge is 2.40. The fraction of sp³-hybridized carbons (Fsp3) is 0.938. The number of rotatable bonds is 4. The van der Waals surface area contributed by atoms with Crippen LogP contribution in [0.5, 0.6) is 0 Å². The molecule has 3 fully saturated rings. The van der Waals surface area contributed by atoms with Crippen molar-refractivity contribution in [3.05, 3.63) is 0 Å². The van der Waals surface area contributed by atoms with Crippen molar-refractivity contribution in [3.8, 4) is 0 Å². The maximum Gasteiger partial charge on any atom is 0.136 e. The van der Waals surface area contributed by atoms with Gasteiger partial charge in [-0.25, -0.2) is 0 Å². The summed E-state index contributed by atoms with van der Waals surface area (Å²) in [6.45, 7) is 3.05. The van der Waals surface area contributed by atoms with Crippen LogP contribution in [0.15, 0.2) is 0 Å². The van der Waals surface area contributed by atoms with Crippen LogP contribution in [-0.4, -0.2) is 42.6 Å². The fourth-order valence-corrected chi connectivity index (χ4v) is 5.14. The van der Waals surface area contributed by atoms with E-state index in [-0.39, 0.29) is 11.5 Å². The summed E-state index contributed by atoms with van der Waals surface area (Å²) in [5.74, 6) is 3.93. The number of hydrogen-bond donors (Lipinski definition) is 1. The van der Waals surface area contributed by atoms with Crippen LogP contribution in [0.4, 0.5) is 0 Å². The summed E-state index contributed by atoms with van der Waals surface area (Å²) in [6.07, 6.45) is 7.38. The van der Waals surface area contributed by atoms with Crippen LogP contribution in [0, 0.1) is 11.8 Å². The third-order valence-electron chi connectivity index (χ3n) is 5.31. The van der Waals surface area contributed by atoms with E-state index in [1.807, 2.05) is 11.8 Å². The van der Waals surface area contributed by atoms with Crippen LogP contribution in [0.25, 0.3) is 0 Å². The molecule has 0 aromatic carbocycles. The standard InChI is InChI=1S/C16H27NO2S/c18-15(2-1-13-3-7-17-12-13)14-4-8-19-16(11-14)5-9-20-10-6-16/h13-14,17H,1-12H2. The lowest BCUT2D eigenvalue weighted by Gasteiger charge is -2.43. The minimum Gasteiger partial charge on any atom is -0.375 e. The summed E-state index contributed by atoms with van der Waals surface area (Å²) >= 11 is 2.03. The highest BCUT2D eigenvalue weighted by Crippen LogP contribution is 2.40. The van der Waals surface area contributed by atoms with Crippen LogP contribution >= 0.6 is 11.8 Å². The molecule has 0 aliphatic carbocycles. The van der Waals surface area contributed by atoms with Crippen LogP contribution in [-0.2, 0) is 9.53 Å². The molecule has 0 aromatic rings. The van der Waals surface area contributed by atoms with Crippen molar-refractivity contribution in [2.75, 3.05) is 31.2 Å². The molecule has 2 atom stereocenters. The summed E-state index contributed by atoms with van der Waals surface area (Å²) < 4.78 is 6.09. The van der Waals surface area contributed by atoms with Crippen molar-refractivity contribution in [1.29, 1.82) is 0 Å². The van der Waals surface area contributed by atoms with Gasteiger partial charge in [-0.15, -0.1) is 0 Å². The second-order valence-electron chi connectivity index (χ2n) is 6.70. The predicted molar refractivity (Wildman–Crippen MR) is 83.2 cm³/mol. The lowest BCUT2D eigenvalue weighted by molar-refractivity contribution is -0.138. The van der Waals surface area contributed by atoms with Gasteiger partial charge < -0.3 is 10.1 Å². The Balaban J connectivity index is 1.49. The molecule has 1 spiro atoms. The number of thioether (sulfide) groups is 1. The Bertz CT molecular complexity index is 330. The summed E-state index contributed by atoms with van der Waals surface area (Å²) in [4.78, 5) is 12.5. The van der Waals surface area contributed by atoms with Crippen molar-refractivity contribution in [3.63, 3.8) is 0 Å². The lowest BCUT2D eigenvalue weighted by atomic mass is 9.79. The molecule has 0 amide bonds. The van der Waals surface area contributed by atoms with Gasteiger partial charge >= 0.3 is 0 Å². The molecular weight excluding hydrogens is 270 g/mol. The Kier molecular flexibility index (Phi) is 5.05.